The molecule has 0 spiro atoms. The van der Waals surface area contributed by atoms with Gasteiger partial charge in [0, 0.05) is 26.7 Å². The smallest absolute Gasteiger partial charge is 0.213 e. The normalized spacial score (nSPS) is 16.3. The Hall–Kier alpha value is -0.910. The number of hydrogen-bond donors (Lipinski definition) is 3. The molecule has 0 aromatic heterocycles. The van der Waals surface area contributed by atoms with Gasteiger partial charge in [0.1, 0.15) is 0 Å². The van der Waals surface area contributed by atoms with E-state index in [2.05, 4.69) is 32.2 Å². The molecule has 1 aromatic carbocycles. The highest BCUT2D eigenvalue weighted by Crippen LogP contribution is 2.15. The number of hydrogen-bond acceptors (Lipinski definition) is 4. The Balaban J connectivity index is 0.00000420. The Labute approximate surface area is 193 Å². The van der Waals surface area contributed by atoms with Crippen LogP contribution in [0.1, 0.15) is 31.7 Å². The molecule has 7 nitrogen and oxygen atoms in total. The van der Waals surface area contributed by atoms with E-state index in [-0.39, 0.29) is 29.7 Å². The molecule has 3 N–H and O–H groups in total. The lowest BCUT2D eigenvalue weighted by atomic mass is 9.99. The van der Waals surface area contributed by atoms with E-state index in [1.165, 1.54) is 25.9 Å². The zero-order valence-corrected chi connectivity index (χ0v) is 20.7. The lowest BCUT2D eigenvalue weighted by Gasteiger charge is -2.30. The number of rotatable bonds is 10. The van der Waals surface area contributed by atoms with Crippen LogP contribution in [-0.2, 0) is 16.6 Å². The van der Waals surface area contributed by atoms with Crippen molar-refractivity contribution >= 4 is 40.0 Å². The fourth-order valence-electron chi connectivity index (χ4n) is 3.18. The van der Waals surface area contributed by atoms with Crippen LogP contribution in [0, 0.1) is 5.92 Å². The second-order valence-electron chi connectivity index (χ2n) is 7.43. The van der Waals surface area contributed by atoms with Crippen molar-refractivity contribution in [3.8, 4) is 0 Å². The fraction of sp³-hybridized carbons (Fsp3) is 0.650. The van der Waals surface area contributed by atoms with E-state index in [9.17, 15) is 8.42 Å². The van der Waals surface area contributed by atoms with Crippen LogP contribution in [0.15, 0.2) is 35.3 Å². The van der Waals surface area contributed by atoms with Crippen molar-refractivity contribution in [3.63, 3.8) is 0 Å². The summed E-state index contributed by atoms with van der Waals surface area (Å²) in [5.74, 6) is 1.51. The predicted molar refractivity (Wildman–Crippen MR) is 131 cm³/mol. The number of halogens is 1. The maximum absolute atomic E-state index is 12.1. The monoisotopic (exact) mass is 537 g/mol. The Morgan fingerprint density at radius 3 is 2.45 bits per heavy atom. The number of nitrogens with one attached hydrogen (secondary N) is 3. The van der Waals surface area contributed by atoms with Crippen LogP contribution in [0.25, 0.3) is 0 Å². The SMILES string of the molecule is CN=C(NCCCN1CCC(C)CC1)NCCS(=O)(=O)NCc1ccccc1.I. The molecule has 1 saturated heterocycles. The summed E-state index contributed by atoms with van der Waals surface area (Å²) in [5.41, 5.74) is 0.944. The number of nitrogens with zero attached hydrogens (tertiary/aromatic N) is 2. The van der Waals surface area contributed by atoms with Gasteiger partial charge in [0.15, 0.2) is 5.96 Å². The lowest BCUT2D eigenvalue weighted by molar-refractivity contribution is 0.191. The molecule has 1 aliphatic heterocycles. The van der Waals surface area contributed by atoms with E-state index in [1.807, 2.05) is 30.3 Å². The summed E-state index contributed by atoms with van der Waals surface area (Å²) in [6.45, 7) is 7.26. The Kier molecular flexibility index (Phi) is 12.8. The number of piperidine rings is 1. The average Bonchev–Trinajstić information content (AvgIpc) is 2.70. The van der Waals surface area contributed by atoms with E-state index < -0.39 is 10.0 Å². The summed E-state index contributed by atoms with van der Waals surface area (Å²) in [7, 11) is -1.63. The average molecular weight is 538 g/mol. The van der Waals surface area contributed by atoms with Crippen LogP contribution >= 0.6 is 24.0 Å². The molecule has 0 amide bonds. The summed E-state index contributed by atoms with van der Waals surface area (Å²) in [6.07, 6.45) is 3.64. The van der Waals surface area contributed by atoms with Crippen molar-refractivity contribution < 1.29 is 8.42 Å². The van der Waals surface area contributed by atoms with Crippen LogP contribution in [0.2, 0.25) is 0 Å². The molecule has 0 saturated carbocycles. The molecule has 1 heterocycles. The Morgan fingerprint density at radius 1 is 1.14 bits per heavy atom. The largest absolute Gasteiger partial charge is 0.356 e. The topological polar surface area (TPSA) is 85.8 Å². The van der Waals surface area contributed by atoms with Gasteiger partial charge in [0.25, 0.3) is 0 Å². The standard InChI is InChI=1S/C20H35N5O2S.HI/c1-18-9-14-25(15-10-18)13-6-11-22-20(21-2)23-12-16-28(26,27)24-17-19-7-4-3-5-8-19;/h3-5,7-8,18,24H,6,9-17H2,1-2H3,(H2,21,22,23);1H. The van der Waals surface area contributed by atoms with E-state index >= 15 is 0 Å². The highest BCUT2D eigenvalue weighted by atomic mass is 127. The number of sulfonamides is 1. The Bertz CT molecular complexity index is 692. The Morgan fingerprint density at radius 2 is 1.79 bits per heavy atom. The third kappa shape index (κ3) is 11.2. The number of guanidine groups is 1. The molecule has 166 valence electrons. The van der Waals surface area contributed by atoms with Gasteiger partial charge in [-0.2, -0.15) is 0 Å². The van der Waals surface area contributed by atoms with Crippen LogP contribution < -0.4 is 15.4 Å². The van der Waals surface area contributed by atoms with Crippen molar-refractivity contribution in [1.29, 1.82) is 0 Å². The predicted octanol–water partition coefficient (Wildman–Crippen LogP) is 2.01. The minimum absolute atomic E-state index is 0. The van der Waals surface area contributed by atoms with Crippen molar-refractivity contribution in [2.24, 2.45) is 10.9 Å². The van der Waals surface area contributed by atoms with Crippen molar-refractivity contribution in [2.45, 2.75) is 32.7 Å². The van der Waals surface area contributed by atoms with Crippen molar-refractivity contribution in [3.05, 3.63) is 35.9 Å². The quantitative estimate of drug-likeness (QED) is 0.184. The molecule has 0 atom stereocenters. The van der Waals surface area contributed by atoms with Gasteiger partial charge in [0.2, 0.25) is 10.0 Å². The minimum Gasteiger partial charge on any atom is -0.356 e. The van der Waals surface area contributed by atoms with Crippen LogP contribution in [0.5, 0.6) is 0 Å². The molecule has 0 radical (unpaired) electrons. The minimum atomic E-state index is -3.33. The van der Waals surface area contributed by atoms with Gasteiger partial charge >= 0.3 is 0 Å². The third-order valence-electron chi connectivity index (χ3n) is 5.05. The highest BCUT2D eigenvalue weighted by molar-refractivity contribution is 14.0. The summed E-state index contributed by atoms with van der Waals surface area (Å²) in [6, 6.07) is 9.50. The van der Waals surface area contributed by atoms with Crippen LogP contribution in [0.3, 0.4) is 0 Å². The molecule has 9 heteroatoms. The number of likely N-dealkylation sites (tertiary alicyclic amines) is 1. The van der Waals surface area contributed by atoms with Gasteiger partial charge in [-0.25, -0.2) is 13.1 Å². The molecule has 0 aliphatic carbocycles. The summed E-state index contributed by atoms with van der Waals surface area (Å²) < 4.78 is 26.9. The maximum atomic E-state index is 12.1. The second-order valence-corrected chi connectivity index (χ2v) is 9.36. The number of aliphatic imine (C=N–C) groups is 1. The zero-order valence-electron chi connectivity index (χ0n) is 17.6. The zero-order chi connectivity index (χ0) is 20.2. The molecule has 1 aromatic rings. The van der Waals surface area contributed by atoms with Gasteiger partial charge in [-0.1, -0.05) is 37.3 Å². The second kappa shape index (κ2) is 14.2. The van der Waals surface area contributed by atoms with E-state index in [4.69, 9.17) is 0 Å². The van der Waals surface area contributed by atoms with Gasteiger partial charge in [-0.05, 0) is 50.4 Å². The van der Waals surface area contributed by atoms with E-state index in [1.54, 1.807) is 7.05 Å². The maximum Gasteiger partial charge on any atom is 0.213 e. The summed E-state index contributed by atoms with van der Waals surface area (Å²) in [4.78, 5) is 6.68. The molecule has 1 fully saturated rings. The molecule has 0 bridgehead atoms. The first kappa shape index (κ1) is 26.1. The van der Waals surface area contributed by atoms with Gasteiger partial charge in [-0.3, -0.25) is 4.99 Å². The molecule has 0 unspecified atom stereocenters. The fourth-order valence-corrected chi connectivity index (χ4v) is 4.08. The number of benzene rings is 1. The molecule has 1 aliphatic rings. The highest BCUT2D eigenvalue weighted by Gasteiger charge is 2.15. The van der Waals surface area contributed by atoms with Gasteiger partial charge in [-0.15, -0.1) is 24.0 Å². The summed E-state index contributed by atoms with van der Waals surface area (Å²) in [5, 5.41) is 6.33. The molecular weight excluding hydrogens is 501 g/mol. The van der Waals surface area contributed by atoms with Crippen LogP contribution in [-0.4, -0.2) is 64.8 Å². The van der Waals surface area contributed by atoms with Crippen molar-refractivity contribution in [2.75, 3.05) is 45.5 Å². The van der Waals surface area contributed by atoms with Crippen molar-refractivity contribution in [1.82, 2.24) is 20.3 Å². The molecule has 29 heavy (non-hydrogen) atoms. The van der Waals surface area contributed by atoms with E-state index in [0.29, 0.717) is 19.0 Å². The van der Waals surface area contributed by atoms with Gasteiger partial charge in [0.05, 0.1) is 5.75 Å². The first-order valence-corrected chi connectivity index (χ1v) is 11.8. The van der Waals surface area contributed by atoms with E-state index in [0.717, 1.165) is 31.0 Å². The van der Waals surface area contributed by atoms with Crippen LogP contribution in [0.4, 0.5) is 0 Å². The van der Waals surface area contributed by atoms with Gasteiger partial charge < -0.3 is 15.5 Å². The third-order valence-corrected chi connectivity index (χ3v) is 6.37. The molecular formula is C20H36IN5O2S. The lowest BCUT2D eigenvalue weighted by Crippen LogP contribution is -2.42. The first-order chi connectivity index (χ1) is 13.5. The first-order valence-electron chi connectivity index (χ1n) is 10.2. The molecule has 2 rings (SSSR count). The summed E-state index contributed by atoms with van der Waals surface area (Å²) >= 11 is 0.